The van der Waals surface area contributed by atoms with Crippen LogP contribution in [0.4, 0.5) is 0 Å². The number of rotatable bonds is 4. The van der Waals surface area contributed by atoms with Crippen LogP contribution in [0.5, 0.6) is 0 Å². The molecule has 0 amide bonds. The minimum Gasteiger partial charge on any atom is -0.456 e. The van der Waals surface area contributed by atoms with Crippen molar-refractivity contribution in [2.75, 3.05) is 0 Å². The predicted molar refractivity (Wildman–Crippen MR) is 201 cm³/mol. The fraction of sp³-hybridized carbons (Fsp3) is 0. The maximum Gasteiger partial charge on any atom is 0.165 e. The van der Waals surface area contributed by atoms with Crippen molar-refractivity contribution >= 4 is 54.3 Å². The summed E-state index contributed by atoms with van der Waals surface area (Å²) in [5.41, 5.74) is 6.71. The lowest BCUT2D eigenvalue weighted by Crippen LogP contribution is -2.02. The summed E-state index contributed by atoms with van der Waals surface area (Å²) >= 11 is 0. The van der Waals surface area contributed by atoms with Crippen molar-refractivity contribution in [3.63, 3.8) is 0 Å². The van der Waals surface area contributed by atoms with Gasteiger partial charge in [0.1, 0.15) is 11.2 Å². The second kappa shape index (κ2) is 11.0. The number of aromatic nitrogens is 3. The van der Waals surface area contributed by atoms with Crippen molar-refractivity contribution in [2.45, 2.75) is 0 Å². The third-order valence-corrected chi connectivity index (χ3v) is 9.52. The third-order valence-electron chi connectivity index (χ3n) is 9.52. The molecule has 0 saturated heterocycles. The van der Waals surface area contributed by atoms with Crippen LogP contribution in [0.1, 0.15) is 0 Å². The Labute approximate surface area is 282 Å². The molecular formula is C45H27N3O. The number of fused-ring (bicyclic) bond motifs is 7. The molecule has 0 unspecified atom stereocenters. The molecule has 8 aromatic carbocycles. The van der Waals surface area contributed by atoms with Crippen LogP contribution in [0, 0.1) is 0 Å². The summed E-state index contributed by atoms with van der Waals surface area (Å²) in [5.74, 6) is 1.87. The van der Waals surface area contributed by atoms with Gasteiger partial charge in [-0.05, 0) is 73.8 Å². The average Bonchev–Trinajstić information content (AvgIpc) is 3.55. The molecule has 0 fully saturated rings. The molecular weight excluding hydrogens is 599 g/mol. The molecule has 0 aliphatic carbocycles. The molecule has 4 nitrogen and oxygen atoms in total. The summed E-state index contributed by atoms with van der Waals surface area (Å²) in [6.45, 7) is 0. The van der Waals surface area contributed by atoms with Crippen LogP contribution < -0.4 is 0 Å². The van der Waals surface area contributed by atoms with Gasteiger partial charge in [0, 0.05) is 27.5 Å². The Kier molecular flexibility index (Phi) is 6.15. The minimum absolute atomic E-state index is 0.608. The van der Waals surface area contributed by atoms with Gasteiger partial charge in [0.15, 0.2) is 17.5 Å². The summed E-state index contributed by atoms with van der Waals surface area (Å²) in [7, 11) is 0. The first-order chi connectivity index (χ1) is 24.3. The first kappa shape index (κ1) is 27.5. The second-order valence-electron chi connectivity index (χ2n) is 12.4. The molecule has 4 heteroatoms. The quantitative estimate of drug-likeness (QED) is 0.144. The molecule has 0 radical (unpaired) electrons. The largest absolute Gasteiger partial charge is 0.456 e. The Bertz CT molecular complexity index is 2890. The van der Waals surface area contributed by atoms with Crippen LogP contribution in [0.15, 0.2) is 168 Å². The molecule has 0 saturated carbocycles. The molecule has 10 rings (SSSR count). The zero-order valence-electron chi connectivity index (χ0n) is 26.3. The zero-order valence-corrected chi connectivity index (χ0v) is 26.3. The van der Waals surface area contributed by atoms with Gasteiger partial charge in [0.05, 0.1) is 0 Å². The molecule has 0 aliphatic rings. The highest BCUT2D eigenvalue weighted by molar-refractivity contribution is 6.19. The molecule has 0 spiro atoms. The van der Waals surface area contributed by atoms with Gasteiger partial charge >= 0.3 is 0 Å². The maximum atomic E-state index is 6.17. The number of para-hydroxylation sites is 1. The van der Waals surface area contributed by atoms with Gasteiger partial charge in [0.25, 0.3) is 0 Å². The normalized spacial score (nSPS) is 11.7. The monoisotopic (exact) mass is 625 g/mol. The Morgan fingerprint density at radius 3 is 1.86 bits per heavy atom. The predicted octanol–water partition coefficient (Wildman–Crippen LogP) is 11.9. The summed E-state index contributed by atoms with van der Waals surface area (Å²) in [6.07, 6.45) is 0. The number of hydrogen-bond acceptors (Lipinski definition) is 4. The lowest BCUT2D eigenvalue weighted by molar-refractivity contribution is 0.669. The molecule has 0 aliphatic heterocycles. The van der Waals surface area contributed by atoms with E-state index in [1.54, 1.807) is 0 Å². The average molecular weight is 626 g/mol. The number of benzene rings is 8. The third kappa shape index (κ3) is 4.49. The van der Waals surface area contributed by atoms with E-state index >= 15 is 0 Å². The van der Waals surface area contributed by atoms with Crippen molar-refractivity contribution in [2.24, 2.45) is 0 Å². The van der Waals surface area contributed by atoms with Gasteiger partial charge in [0.2, 0.25) is 0 Å². The van der Waals surface area contributed by atoms with E-state index in [1.165, 1.54) is 16.2 Å². The highest BCUT2D eigenvalue weighted by Crippen LogP contribution is 2.40. The van der Waals surface area contributed by atoms with Gasteiger partial charge in [-0.1, -0.05) is 133 Å². The second-order valence-corrected chi connectivity index (χ2v) is 12.4. The molecule has 2 heterocycles. The lowest BCUT2D eigenvalue weighted by atomic mass is 9.93. The molecule has 0 atom stereocenters. The number of nitrogens with zero attached hydrogens (tertiary/aromatic N) is 3. The summed E-state index contributed by atoms with van der Waals surface area (Å²) in [4.78, 5) is 15.8. The molecule has 49 heavy (non-hydrogen) atoms. The summed E-state index contributed by atoms with van der Waals surface area (Å²) in [5, 5.41) is 9.01. The first-order valence-electron chi connectivity index (χ1n) is 16.4. The lowest BCUT2D eigenvalue weighted by Gasteiger charge is -2.15. The fourth-order valence-corrected chi connectivity index (χ4v) is 7.21. The smallest absolute Gasteiger partial charge is 0.165 e. The van der Waals surface area contributed by atoms with Gasteiger partial charge < -0.3 is 4.42 Å². The minimum atomic E-state index is 0.608. The first-order valence-corrected chi connectivity index (χ1v) is 16.4. The Morgan fingerprint density at radius 1 is 0.327 bits per heavy atom. The fourth-order valence-electron chi connectivity index (χ4n) is 7.21. The van der Waals surface area contributed by atoms with E-state index in [1.807, 2.05) is 42.5 Å². The van der Waals surface area contributed by atoms with Crippen molar-refractivity contribution in [3.8, 4) is 45.3 Å². The molecule has 0 N–H and O–H groups in total. The van der Waals surface area contributed by atoms with E-state index in [4.69, 9.17) is 19.4 Å². The zero-order chi connectivity index (χ0) is 32.3. The topological polar surface area (TPSA) is 51.8 Å². The van der Waals surface area contributed by atoms with Gasteiger partial charge in [-0.2, -0.15) is 0 Å². The van der Waals surface area contributed by atoms with E-state index in [0.717, 1.165) is 65.9 Å². The Hall–Kier alpha value is -6.65. The van der Waals surface area contributed by atoms with Gasteiger partial charge in [-0.3, -0.25) is 0 Å². The molecule has 0 bridgehead atoms. The van der Waals surface area contributed by atoms with Crippen LogP contribution in [-0.4, -0.2) is 15.0 Å². The maximum absolute atomic E-state index is 6.17. The van der Waals surface area contributed by atoms with Crippen LogP contribution in [-0.2, 0) is 0 Å². The van der Waals surface area contributed by atoms with Crippen molar-refractivity contribution in [3.05, 3.63) is 164 Å². The van der Waals surface area contributed by atoms with Crippen LogP contribution in [0.2, 0.25) is 0 Å². The molecule has 10 aromatic rings. The van der Waals surface area contributed by atoms with Crippen LogP contribution in [0.3, 0.4) is 0 Å². The van der Waals surface area contributed by atoms with Gasteiger partial charge in [-0.15, -0.1) is 0 Å². The highest BCUT2D eigenvalue weighted by Gasteiger charge is 2.20. The number of furan rings is 1. The number of hydrogen-bond donors (Lipinski definition) is 0. The summed E-state index contributed by atoms with van der Waals surface area (Å²) in [6, 6.07) is 56.9. The van der Waals surface area contributed by atoms with Crippen molar-refractivity contribution < 1.29 is 4.42 Å². The van der Waals surface area contributed by atoms with Crippen molar-refractivity contribution in [1.82, 2.24) is 15.0 Å². The van der Waals surface area contributed by atoms with E-state index in [-0.39, 0.29) is 0 Å². The highest BCUT2D eigenvalue weighted by atomic mass is 16.3. The molecule has 228 valence electrons. The van der Waals surface area contributed by atoms with E-state index in [9.17, 15) is 0 Å². The Balaban J connectivity index is 1.30. The van der Waals surface area contributed by atoms with E-state index < -0.39 is 0 Å². The van der Waals surface area contributed by atoms with E-state index in [2.05, 4.69) is 121 Å². The van der Waals surface area contributed by atoms with E-state index in [0.29, 0.717) is 17.5 Å². The van der Waals surface area contributed by atoms with Crippen LogP contribution >= 0.6 is 0 Å². The van der Waals surface area contributed by atoms with Gasteiger partial charge in [-0.25, -0.2) is 15.0 Å². The summed E-state index contributed by atoms with van der Waals surface area (Å²) < 4.78 is 6.17. The Morgan fingerprint density at radius 2 is 0.980 bits per heavy atom. The SMILES string of the molecule is c1ccc(-c2ccccc2-c2nc(-c3ccc4oc5ccccc5c4c3)nc(-c3c4ccccc4cc4c3ccc3ccccc34)n2)cc1. The standard InChI is InChI=1S/C45H27N3O/c1-2-12-28(13-3-1)32-16-8-9-20-37(32)44-46-43(31-23-25-41-39(27-31)35-19-10-11-21-40(35)49-41)47-45(48-44)42-34-18-7-5-15-30(34)26-38-33-17-6-4-14-29(33)22-24-36(38)42/h1-27H. The molecule has 2 aromatic heterocycles. The van der Waals surface area contributed by atoms with Crippen LogP contribution in [0.25, 0.3) is 99.5 Å². The van der Waals surface area contributed by atoms with Crippen molar-refractivity contribution in [1.29, 1.82) is 0 Å².